The van der Waals surface area contributed by atoms with Crippen LogP contribution in [0.15, 0.2) is 12.3 Å². The number of hydrogen-bond donors (Lipinski definition) is 1. The molecule has 84 valence electrons. The summed E-state index contributed by atoms with van der Waals surface area (Å²) < 4.78 is 37.9. The number of nitrogens with one attached hydrogen (secondary N) is 1. The lowest BCUT2D eigenvalue weighted by Gasteiger charge is -2.26. The van der Waals surface area contributed by atoms with E-state index in [0.29, 0.717) is 12.5 Å². The van der Waals surface area contributed by atoms with Gasteiger partial charge in [0.2, 0.25) is 0 Å². The van der Waals surface area contributed by atoms with E-state index in [0.717, 1.165) is 25.6 Å². The van der Waals surface area contributed by atoms with Crippen molar-refractivity contribution in [3.05, 3.63) is 18.0 Å². The summed E-state index contributed by atoms with van der Waals surface area (Å²) in [5, 5.41) is 6.60. The predicted molar refractivity (Wildman–Crippen MR) is 48.2 cm³/mol. The van der Waals surface area contributed by atoms with E-state index >= 15 is 0 Å². The Morgan fingerprint density at radius 3 is 2.67 bits per heavy atom. The lowest BCUT2D eigenvalue weighted by molar-refractivity contribution is -0.141. The molecule has 0 atom stereocenters. The molecule has 0 saturated carbocycles. The molecule has 1 saturated heterocycles. The summed E-state index contributed by atoms with van der Waals surface area (Å²) in [4.78, 5) is 0. The summed E-state index contributed by atoms with van der Waals surface area (Å²) in [6.07, 6.45) is -2.07. The zero-order valence-corrected chi connectivity index (χ0v) is 8.09. The van der Waals surface area contributed by atoms with Gasteiger partial charge in [-0.05, 0) is 31.5 Å². The van der Waals surface area contributed by atoms with Gasteiger partial charge in [-0.15, -0.1) is 0 Å². The normalized spacial score (nSPS) is 17.8. The van der Waals surface area contributed by atoms with Crippen molar-refractivity contribution in [1.29, 1.82) is 0 Å². The van der Waals surface area contributed by atoms with Gasteiger partial charge in [-0.25, -0.2) is 0 Å². The topological polar surface area (TPSA) is 29.9 Å². The number of alkyl halides is 3. The number of rotatable bonds is 3. The lowest BCUT2D eigenvalue weighted by Crippen LogP contribution is -2.42. The minimum Gasteiger partial charge on any atom is -0.316 e. The molecule has 1 N–H and O–H groups in total. The van der Waals surface area contributed by atoms with E-state index in [4.69, 9.17) is 0 Å². The molecule has 0 unspecified atom stereocenters. The van der Waals surface area contributed by atoms with Crippen molar-refractivity contribution in [1.82, 2.24) is 15.1 Å². The second kappa shape index (κ2) is 3.84. The maximum absolute atomic E-state index is 12.2. The van der Waals surface area contributed by atoms with Gasteiger partial charge in [-0.2, -0.15) is 18.3 Å². The van der Waals surface area contributed by atoms with Crippen LogP contribution in [0.2, 0.25) is 0 Å². The van der Waals surface area contributed by atoms with Crippen molar-refractivity contribution in [2.24, 2.45) is 5.92 Å². The highest BCUT2D eigenvalue weighted by Gasteiger charge is 2.33. The Morgan fingerprint density at radius 1 is 1.47 bits per heavy atom. The van der Waals surface area contributed by atoms with Crippen LogP contribution < -0.4 is 5.32 Å². The van der Waals surface area contributed by atoms with E-state index in [-0.39, 0.29) is 0 Å². The second-order valence-corrected chi connectivity index (χ2v) is 3.77. The molecule has 15 heavy (non-hydrogen) atoms. The van der Waals surface area contributed by atoms with Crippen LogP contribution in [0.1, 0.15) is 12.1 Å². The molecule has 0 amide bonds. The number of aromatic nitrogens is 2. The van der Waals surface area contributed by atoms with Crippen LogP contribution >= 0.6 is 0 Å². The summed E-state index contributed by atoms with van der Waals surface area (Å²) in [6.45, 7) is 2.49. The van der Waals surface area contributed by atoms with E-state index in [9.17, 15) is 13.2 Å². The van der Waals surface area contributed by atoms with Gasteiger partial charge in [0.05, 0.1) is 0 Å². The van der Waals surface area contributed by atoms with Crippen LogP contribution in [-0.4, -0.2) is 22.9 Å². The summed E-state index contributed by atoms with van der Waals surface area (Å²) in [6, 6.07) is 1.01. The fraction of sp³-hybridized carbons (Fsp3) is 0.667. The quantitative estimate of drug-likeness (QED) is 0.835. The number of aryl methyl sites for hydroxylation is 1. The molecule has 0 radical (unpaired) electrons. The first-order valence-corrected chi connectivity index (χ1v) is 4.87. The third-order valence-electron chi connectivity index (χ3n) is 2.56. The van der Waals surface area contributed by atoms with Gasteiger partial charge in [0.25, 0.3) is 0 Å². The fourth-order valence-corrected chi connectivity index (χ4v) is 1.50. The first-order valence-electron chi connectivity index (χ1n) is 4.87. The zero-order valence-electron chi connectivity index (χ0n) is 8.09. The Labute approximate surface area is 85.3 Å². The van der Waals surface area contributed by atoms with Crippen LogP contribution in [0.5, 0.6) is 0 Å². The number of hydrogen-bond acceptors (Lipinski definition) is 2. The highest BCUT2D eigenvalue weighted by molar-refractivity contribution is 5.03. The standard InChI is InChI=1S/C9H12F3N3/c10-9(11,12)8-2-4-15(14-8)3-1-7-5-13-6-7/h2,4,7,13H,1,3,5-6H2. The Kier molecular flexibility index (Phi) is 2.68. The molecular formula is C9H12F3N3. The number of nitrogens with zero attached hydrogens (tertiary/aromatic N) is 2. The second-order valence-electron chi connectivity index (χ2n) is 3.77. The van der Waals surface area contributed by atoms with Gasteiger partial charge in [0.1, 0.15) is 0 Å². The highest BCUT2D eigenvalue weighted by atomic mass is 19.4. The van der Waals surface area contributed by atoms with E-state index < -0.39 is 11.9 Å². The van der Waals surface area contributed by atoms with E-state index in [1.807, 2.05) is 0 Å². The molecule has 1 aliphatic heterocycles. The molecule has 2 rings (SSSR count). The summed E-state index contributed by atoms with van der Waals surface area (Å²) in [5.74, 6) is 0.587. The van der Waals surface area contributed by atoms with Gasteiger partial charge in [0, 0.05) is 12.7 Å². The monoisotopic (exact) mass is 219 g/mol. The predicted octanol–water partition coefficient (Wildman–Crippen LogP) is 1.51. The Bertz CT molecular complexity index is 328. The van der Waals surface area contributed by atoms with Crippen LogP contribution in [0, 0.1) is 5.92 Å². The maximum atomic E-state index is 12.2. The van der Waals surface area contributed by atoms with Crippen molar-refractivity contribution in [3.8, 4) is 0 Å². The van der Waals surface area contributed by atoms with Crippen molar-refractivity contribution in [2.75, 3.05) is 13.1 Å². The van der Waals surface area contributed by atoms with Crippen LogP contribution in [0.4, 0.5) is 13.2 Å². The lowest BCUT2D eigenvalue weighted by atomic mass is 10.00. The molecular weight excluding hydrogens is 207 g/mol. The van der Waals surface area contributed by atoms with Crippen LogP contribution in [0.3, 0.4) is 0 Å². The van der Waals surface area contributed by atoms with Crippen molar-refractivity contribution in [3.63, 3.8) is 0 Å². The molecule has 1 fully saturated rings. The van der Waals surface area contributed by atoms with E-state index in [1.54, 1.807) is 0 Å². The van der Waals surface area contributed by atoms with Crippen LogP contribution in [0.25, 0.3) is 0 Å². The molecule has 0 bridgehead atoms. The van der Waals surface area contributed by atoms with Gasteiger partial charge in [-0.1, -0.05) is 0 Å². The largest absolute Gasteiger partial charge is 0.435 e. The number of halogens is 3. The molecule has 1 aromatic heterocycles. The summed E-state index contributed by atoms with van der Waals surface area (Å²) in [7, 11) is 0. The molecule has 0 spiro atoms. The minimum atomic E-state index is -4.33. The highest BCUT2D eigenvalue weighted by Crippen LogP contribution is 2.27. The summed E-state index contributed by atoms with van der Waals surface area (Å²) in [5.41, 5.74) is -0.811. The third kappa shape index (κ3) is 2.50. The van der Waals surface area contributed by atoms with Crippen LogP contribution in [-0.2, 0) is 12.7 Å². The third-order valence-corrected chi connectivity index (χ3v) is 2.56. The SMILES string of the molecule is FC(F)(F)c1ccn(CCC2CNC2)n1. The smallest absolute Gasteiger partial charge is 0.316 e. The molecule has 1 aromatic rings. The molecule has 1 aliphatic rings. The molecule has 6 heteroatoms. The Morgan fingerprint density at radius 2 is 2.20 bits per heavy atom. The molecule has 3 nitrogen and oxygen atoms in total. The molecule has 0 aliphatic carbocycles. The van der Waals surface area contributed by atoms with Crippen molar-refractivity contribution >= 4 is 0 Å². The van der Waals surface area contributed by atoms with Gasteiger partial charge in [0.15, 0.2) is 5.69 Å². The Hall–Kier alpha value is -1.04. The summed E-state index contributed by atoms with van der Waals surface area (Å²) >= 11 is 0. The van der Waals surface area contributed by atoms with Crippen molar-refractivity contribution < 1.29 is 13.2 Å². The molecule has 0 aromatic carbocycles. The van der Waals surface area contributed by atoms with Crippen molar-refractivity contribution in [2.45, 2.75) is 19.1 Å². The van der Waals surface area contributed by atoms with Gasteiger partial charge < -0.3 is 5.32 Å². The first kappa shape index (κ1) is 10.5. The Balaban J connectivity index is 1.89. The average Bonchev–Trinajstić information content (AvgIpc) is 2.48. The van der Waals surface area contributed by atoms with E-state index in [2.05, 4.69) is 10.4 Å². The fourth-order valence-electron chi connectivity index (χ4n) is 1.50. The zero-order chi connectivity index (χ0) is 10.9. The molecule has 2 heterocycles. The van der Waals surface area contributed by atoms with E-state index in [1.165, 1.54) is 10.9 Å². The van der Waals surface area contributed by atoms with Gasteiger partial charge >= 0.3 is 6.18 Å². The van der Waals surface area contributed by atoms with Gasteiger partial charge in [-0.3, -0.25) is 4.68 Å². The average molecular weight is 219 g/mol. The minimum absolute atomic E-state index is 0.558. The first-order chi connectivity index (χ1) is 7.05. The maximum Gasteiger partial charge on any atom is 0.435 e.